The molecule has 0 atom stereocenters. The number of aryl methyl sites for hydroxylation is 1. The molecule has 0 amide bonds. The Bertz CT molecular complexity index is 571. The quantitative estimate of drug-likeness (QED) is 0.931. The van der Waals surface area contributed by atoms with Crippen molar-refractivity contribution in [3.05, 3.63) is 40.7 Å². The van der Waals surface area contributed by atoms with Crippen molar-refractivity contribution in [2.75, 3.05) is 24.3 Å². The van der Waals surface area contributed by atoms with Crippen molar-refractivity contribution >= 4 is 23.5 Å². The van der Waals surface area contributed by atoms with Crippen LogP contribution < -0.4 is 10.2 Å². The van der Waals surface area contributed by atoms with E-state index in [0.29, 0.717) is 18.4 Å². The fraction of sp³-hybridized carbons (Fsp3) is 0.308. The molecular weight excluding hydrogens is 262 g/mol. The maximum absolute atomic E-state index is 5.88. The lowest BCUT2D eigenvalue weighted by atomic mass is 10.1. The highest BCUT2D eigenvalue weighted by Crippen LogP contribution is 2.13. The van der Waals surface area contributed by atoms with Crippen LogP contribution in [0, 0.1) is 6.92 Å². The van der Waals surface area contributed by atoms with Gasteiger partial charge in [-0.3, -0.25) is 0 Å². The average Bonchev–Trinajstić information content (AvgIpc) is 2.37. The topological polar surface area (TPSA) is 53.9 Å². The van der Waals surface area contributed by atoms with Gasteiger partial charge in [-0.25, -0.2) is 0 Å². The van der Waals surface area contributed by atoms with Gasteiger partial charge in [0.15, 0.2) is 0 Å². The second-order valence-electron chi connectivity index (χ2n) is 4.40. The fourth-order valence-electron chi connectivity index (χ4n) is 1.60. The molecular formula is C13H16ClN5. The summed E-state index contributed by atoms with van der Waals surface area (Å²) in [6, 6.07) is 8.17. The van der Waals surface area contributed by atoms with Gasteiger partial charge in [-0.05, 0) is 29.7 Å². The molecule has 1 aromatic heterocycles. The van der Waals surface area contributed by atoms with Gasteiger partial charge in [0, 0.05) is 20.6 Å². The average molecular weight is 278 g/mol. The molecule has 1 N–H and O–H groups in total. The predicted molar refractivity (Wildman–Crippen MR) is 77.7 cm³/mol. The molecule has 2 rings (SSSR count). The number of nitrogens with one attached hydrogen (secondary N) is 1. The maximum Gasteiger partial charge on any atom is 0.230 e. The van der Waals surface area contributed by atoms with E-state index in [9.17, 15) is 0 Å². The second-order valence-corrected chi connectivity index (χ2v) is 4.74. The normalized spacial score (nSPS) is 10.3. The lowest BCUT2D eigenvalue weighted by Crippen LogP contribution is -2.15. The summed E-state index contributed by atoms with van der Waals surface area (Å²) in [5.41, 5.74) is 2.42. The second kappa shape index (κ2) is 5.84. The number of hydrogen-bond donors (Lipinski definition) is 1. The van der Waals surface area contributed by atoms with E-state index >= 15 is 0 Å². The highest BCUT2D eigenvalue weighted by atomic mass is 35.5. The molecule has 0 aliphatic rings. The molecule has 0 unspecified atom stereocenters. The zero-order valence-electron chi connectivity index (χ0n) is 11.2. The molecule has 0 saturated heterocycles. The molecule has 6 heteroatoms. The van der Waals surface area contributed by atoms with Gasteiger partial charge >= 0.3 is 0 Å². The van der Waals surface area contributed by atoms with E-state index < -0.39 is 0 Å². The first-order chi connectivity index (χ1) is 9.06. The minimum atomic E-state index is 0.186. The van der Waals surface area contributed by atoms with Gasteiger partial charge in [-0.2, -0.15) is 15.0 Å². The third-order valence-corrected chi connectivity index (χ3v) is 2.86. The summed E-state index contributed by atoms with van der Waals surface area (Å²) in [7, 11) is 3.72. The molecule has 19 heavy (non-hydrogen) atoms. The van der Waals surface area contributed by atoms with E-state index in [1.807, 2.05) is 26.2 Å². The van der Waals surface area contributed by atoms with Gasteiger partial charge < -0.3 is 10.2 Å². The molecule has 0 spiro atoms. The molecule has 0 aliphatic heterocycles. The minimum absolute atomic E-state index is 0.186. The van der Waals surface area contributed by atoms with Crippen LogP contribution in [0.2, 0.25) is 5.28 Å². The summed E-state index contributed by atoms with van der Waals surface area (Å²) in [4.78, 5) is 14.2. The molecule has 100 valence electrons. The Hall–Kier alpha value is -1.88. The Kier molecular flexibility index (Phi) is 4.16. The van der Waals surface area contributed by atoms with Crippen LogP contribution in [0.3, 0.4) is 0 Å². The van der Waals surface area contributed by atoms with Gasteiger partial charge in [0.2, 0.25) is 17.2 Å². The molecule has 0 aliphatic carbocycles. The zero-order chi connectivity index (χ0) is 13.8. The van der Waals surface area contributed by atoms with Gasteiger partial charge in [0.05, 0.1) is 0 Å². The smallest absolute Gasteiger partial charge is 0.230 e. The van der Waals surface area contributed by atoms with E-state index in [0.717, 1.165) is 0 Å². The van der Waals surface area contributed by atoms with Crippen molar-refractivity contribution in [2.24, 2.45) is 0 Å². The number of anilines is 2. The highest BCUT2D eigenvalue weighted by Gasteiger charge is 2.06. The molecule has 0 bridgehead atoms. The predicted octanol–water partition coefficient (Wildman–Crippen LogP) is 2.51. The third-order valence-electron chi connectivity index (χ3n) is 2.69. The first-order valence-electron chi connectivity index (χ1n) is 5.93. The Balaban J connectivity index is 2.14. The van der Waals surface area contributed by atoms with Crippen LogP contribution in [-0.4, -0.2) is 29.0 Å². The van der Waals surface area contributed by atoms with Crippen LogP contribution >= 0.6 is 11.6 Å². The molecule has 1 heterocycles. The number of hydrogen-bond acceptors (Lipinski definition) is 5. The van der Waals surface area contributed by atoms with Crippen LogP contribution in [0.1, 0.15) is 11.1 Å². The molecule has 0 fully saturated rings. The van der Waals surface area contributed by atoms with Crippen molar-refractivity contribution < 1.29 is 0 Å². The third kappa shape index (κ3) is 3.54. The van der Waals surface area contributed by atoms with E-state index in [-0.39, 0.29) is 5.28 Å². The van der Waals surface area contributed by atoms with Gasteiger partial charge in [0.25, 0.3) is 0 Å². The fourth-order valence-corrected chi connectivity index (χ4v) is 1.76. The number of halogens is 1. The van der Waals surface area contributed by atoms with Crippen molar-refractivity contribution in [3.63, 3.8) is 0 Å². The summed E-state index contributed by atoms with van der Waals surface area (Å²) in [6.07, 6.45) is 0. The maximum atomic E-state index is 5.88. The van der Waals surface area contributed by atoms with Gasteiger partial charge in [0.1, 0.15) is 0 Å². The Labute approximate surface area is 117 Å². The Morgan fingerprint density at radius 3 is 2.58 bits per heavy atom. The number of benzene rings is 1. The summed E-state index contributed by atoms with van der Waals surface area (Å²) < 4.78 is 0. The SMILES string of the molecule is Cc1ccccc1CNc1nc(Cl)nc(N(C)C)n1. The van der Waals surface area contributed by atoms with Crippen molar-refractivity contribution in [1.29, 1.82) is 0 Å². The summed E-state index contributed by atoms with van der Waals surface area (Å²) in [5.74, 6) is 1.01. The van der Waals surface area contributed by atoms with Crippen molar-refractivity contribution in [3.8, 4) is 0 Å². The first kappa shape index (κ1) is 13.5. The molecule has 0 radical (unpaired) electrons. The van der Waals surface area contributed by atoms with Crippen LogP contribution in [-0.2, 0) is 6.54 Å². The number of aromatic nitrogens is 3. The summed E-state index contributed by atoms with van der Waals surface area (Å²) in [5, 5.41) is 3.35. The highest BCUT2D eigenvalue weighted by molar-refractivity contribution is 6.28. The van der Waals surface area contributed by atoms with Crippen LogP contribution in [0.15, 0.2) is 24.3 Å². The first-order valence-corrected chi connectivity index (χ1v) is 6.31. The van der Waals surface area contributed by atoms with E-state index in [2.05, 4.69) is 39.3 Å². The number of rotatable bonds is 4. The van der Waals surface area contributed by atoms with Gasteiger partial charge in [-0.15, -0.1) is 0 Å². The molecule has 1 aromatic carbocycles. The van der Waals surface area contributed by atoms with Crippen molar-refractivity contribution in [1.82, 2.24) is 15.0 Å². The van der Waals surface area contributed by atoms with Crippen LogP contribution in [0.5, 0.6) is 0 Å². The summed E-state index contributed by atoms with van der Waals surface area (Å²) >= 11 is 5.88. The largest absolute Gasteiger partial charge is 0.350 e. The van der Waals surface area contributed by atoms with Gasteiger partial charge in [-0.1, -0.05) is 24.3 Å². The summed E-state index contributed by atoms with van der Waals surface area (Å²) in [6.45, 7) is 2.72. The lowest BCUT2D eigenvalue weighted by molar-refractivity contribution is 0.941. The Morgan fingerprint density at radius 2 is 1.89 bits per heavy atom. The van der Waals surface area contributed by atoms with Crippen LogP contribution in [0.4, 0.5) is 11.9 Å². The standard InChI is InChI=1S/C13H16ClN5/c1-9-6-4-5-7-10(9)8-15-12-16-11(14)17-13(18-12)19(2)3/h4-7H,8H2,1-3H3,(H,15,16,17,18). The monoisotopic (exact) mass is 277 g/mol. The van der Waals surface area contributed by atoms with E-state index in [1.165, 1.54) is 11.1 Å². The van der Waals surface area contributed by atoms with E-state index in [1.54, 1.807) is 4.90 Å². The molecule has 0 saturated carbocycles. The lowest BCUT2D eigenvalue weighted by Gasteiger charge is -2.12. The van der Waals surface area contributed by atoms with Crippen molar-refractivity contribution in [2.45, 2.75) is 13.5 Å². The molecule has 2 aromatic rings. The Morgan fingerprint density at radius 1 is 1.16 bits per heavy atom. The molecule has 5 nitrogen and oxygen atoms in total. The number of nitrogens with zero attached hydrogens (tertiary/aromatic N) is 4. The van der Waals surface area contributed by atoms with E-state index in [4.69, 9.17) is 11.6 Å². The zero-order valence-corrected chi connectivity index (χ0v) is 11.9. The van der Waals surface area contributed by atoms with Crippen LogP contribution in [0.25, 0.3) is 0 Å². The minimum Gasteiger partial charge on any atom is -0.350 e.